The van der Waals surface area contributed by atoms with E-state index in [1.165, 1.54) is 6.07 Å². The second kappa shape index (κ2) is 9.24. The summed E-state index contributed by atoms with van der Waals surface area (Å²) in [5, 5.41) is 3.43. The third-order valence-electron chi connectivity index (χ3n) is 5.90. The number of rotatable bonds is 6. The smallest absolute Gasteiger partial charge is 0.404 e. The SMILES string of the molecule is CC(C)N1CCN(c2cc(NC3CCC(C=O)CC3)ccc2OC(F)(F)F)CC1. The summed E-state index contributed by atoms with van der Waals surface area (Å²) in [7, 11) is 0. The van der Waals surface area contributed by atoms with Crippen LogP contribution in [0.2, 0.25) is 0 Å². The third-order valence-corrected chi connectivity index (χ3v) is 5.90. The van der Waals surface area contributed by atoms with Crippen molar-refractivity contribution in [2.45, 2.75) is 58.0 Å². The molecule has 2 aliphatic rings. The van der Waals surface area contributed by atoms with Crippen LogP contribution >= 0.6 is 0 Å². The maximum Gasteiger partial charge on any atom is 0.573 e. The number of anilines is 2. The van der Waals surface area contributed by atoms with Gasteiger partial charge in [0.15, 0.2) is 5.75 Å². The average Bonchev–Trinajstić information content (AvgIpc) is 2.69. The summed E-state index contributed by atoms with van der Waals surface area (Å²) < 4.78 is 43.0. The minimum absolute atomic E-state index is 0.128. The van der Waals surface area contributed by atoms with Crippen molar-refractivity contribution in [2.24, 2.45) is 5.92 Å². The van der Waals surface area contributed by atoms with Gasteiger partial charge in [-0.05, 0) is 57.7 Å². The molecule has 0 atom stereocenters. The number of nitrogens with one attached hydrogen (secondary N) is 1. The first-order valence-corrected chi connectivity index (χ1v) is 10.4. The van der Waals surface area contributed by atoms with Gasteiger partial charge in [-0.2, -0.15) is 0 Å². The van der Waals surface area contributed by atoms with Crippen LogP contribution < -0.4 is 15.0 Å². The van der Waals surface area contributed by atoms with E-state index in [4.69, 9.17) is 0 Å². The van der Waals surface area contributed by atoms with Crippen LogP contribution in [0.5, 0.6) is 5.75 Å². The minimum Gasteiger partial charge on any atom is -0.404 e. The summed E-state index contributed by atoms with van der Waals surface area (Å²) >= 11 is 0. The summed E-state index contributed by atoms with van der Waals surface area (Å²) in [5.41, 5.74) is 1.26. The second-order valence-electron chi connectivity index (χ2n) is 8.24. The maximum atomic E-state index is 12.9. The Hall–Kier alpha value is -1.96. The topological polar surface area (TPSA) is 44.8 Å². The fourth-order valence-electron chi connectivity index (χ4n) is 4.18. The van der Waals surface area contributed by atoms with E-state index in [1.807, 2.05) is 4.90 Å². The van der Waals surface area contributed by atoms with E-state index in [1.54, 1.807) is 12.1 Å². The molecule has 1 N–H and O–H groups in total. The Morgan fingerprint density at radius 3 is 2.31 bits per heavy atom. The molecular formula is C21H30F3N3O2. The van der Waals surface area contributed by atoms with Crippen molar-refractivity contribution in [3.63, 3.8) is 0 Å². The van der Waals surface area contributed by atoms with Gasteiger partial charge in [0.2, 0.25) is 0 Å². The lowest BCUT2D eigenvalue weighted by atomic mass is 9.87. The standard InChI is InChI=1S/C21H30F3N3O2/c1-15(2)26-9-11-27(12-10-26)19-13-18(7-8-20(19)29-21(22,23)24)25-17-5-3-16(14-28)4-6-17/h7-8,13-17,25H,3-6,9-12H2,1-2H3. The van der Waals surface area contributed by atoms with Crippen molar-refractivity contribution in [1.82, 2.24) is 4.90 Å². The molecule has 0 aromatic heterocycles. The zero-order chi connectivity index (χ0) is 21.0. The number of nitrogens with zero attached hydrogens (tertiary/aromatic N) is 2. The van der Waals surface area contributed by atoms with Gasteiger partial charge < -0.3 is 19.7 Å². The Bertz CT molecular complexity index is 680. The number of ether oxygens (including phenoxy) is 1. The summed E-state index contributed by atoms with van der Waals surface area (Å²) in [6.45, 7) is 7.16. The minimum atomic E-state index is -4.73. The molecule has 29 heavy (non-hydrogen) atoms. The molecule has 0 unspecified atom stereocenters. The first-order chi connectivity index (χ1) is 13.7. The Morgan fingerprint density at radius 2 is 1.76 bits per heavy atom. The molecular weight excluding hydrogens is 383 g/mol. The van der Waals surface area contributed by atoms with Crippen LogP contribution in [-0.2, 0) is 4.79 Å². The molecule has 8 heteroatoms. The summed E-state index contributed by atoms with van der Waals surface area (Å²) in [6, 6.07) is 5.44. The Balaban J connectivity index is 1.74. The largest absolute Gasteiger partial charge is 0.573 e. The number of aldehydes is 1. The monoisotopic (exact) mass is 413 g/mol. The van der Waals surface area contributed by atoms with Crippen molar-refractivity contribution < 1.29 is 22.7 Å². The molecule has 0 bridgehead atoms. The molecule has 1 aromatic rings. The van der Waals surface area contributed by atoms with Crippen LogP contribution in [0, 0.1) is 5.92 Å². The predicted molar refractivity (Wildman–Crippen MR) is 107 cm³/mol. The number of carbonyl (C=O) groups is 1. The molecule has 1 aliphatic carbocycles. The van der Waals surface area contributed by atoms with E-state index in [9.17, 15) is 18.0 Å². The number of hydrogen-bond donors (Lipinski definition) is 1. The average molecular weight is 413 g/mol. The van der Waals surface area contributed by atoms with E-state index >= 15 is 0 Å². The van der Waals surface area contributed by atoms with Crippen LogP contribution in [0.1, 0.15) is 39.5 Å². The predicted octanol–water partition coefficient (Wildman–Crippen LogP) is 4.29. The van der Waals surface area contributed by atoms with Crippen molar-refractivity contribution in [3.8, 4) is 5.75 Å². The zero-order valence-electron chi connectivity index (χ0n) is 17.0. The van der Waals surface area contributed by atoms with Gasteiger partial charge in [0.25, 0.3) is 0 Å². The van der Waals surface area contributed by atoms with Crippen LogP contribution in [0.25, 0.3) is 0 Å². The zero-order valence-corrected chi connectivity index (χ0v) is 17.0. The number of hydrogen-bond acceptors (Lipinski definition) is 5. The van der Waals surface area contributed by atoms with Crippen LogP contribution in [0.15, 0.2) is 18.2 Å². The van der Waals surface area contributed by atoms with E-state index in [0.29, 0.717) is 24.8 Å². The van der Waals surface area contributed by atoms with E-state index in [2.05, 4.69) is 28.8 Å². The Morgan fingerprint density at radius 1 is 1.10 bits per heavy atom. The van der Waals surface area contributed by atoms with Gasteiger partial charge in [-0.3, -0.25) is 4.90 Å². The molecule has 1 aromatic carbocycles. The van der Waals surface area contributed by atoms with Crippen molar-refractivity contribution >= 4 is 17.7 Å². The number of halogens is 3. The number of piperazine rings is 1. The van der Waals surface area contributed by atoms with Crippen LogP contribution in [0.3, 0.4) is 0 Å². The molecule has 0 radical (unpaired) electrons. The first-order valence-electron chi connectivity index (χ1n) is 10.4. The van der Waals surface area contributed by atoms with Gasteiger partial charge in [0.05, 0.1) is 5.69 Å². The summed E-state index contributed by atoms with van der Waals surface area (Å²) in [4.78, 5) is 15.2. The normalized spacial score (nSPS) is 23.9. The van der Waals surface area contributed by atoms with Gasteiger partial charge in [-0.15, -0.1) is 13.2 Å². The summed E-state index contributed by atoms with van der Waals surface area (Å²) in [6.07, 6.45) is -0.245. The van der Waals surface area contributed by atoms with E-state index < -0.39 is 6.36 Å². The quantitative estimate of drug-likeness (QED) is 0.705. The number of carbonyl (C=O) groups excluding carboxylic acids is 1. The lowest BCUT2D eigenvalue weighted by molar-refractivity contribution is -0.274. The van der Waals surface area contributed by atoms with Gasteiger partial charge in [0.1, 0.15) is 6.29 Å². The third kappa shape index (κ3) is 6.01. The second-order valence-corrected chi connectivity index (χ2v) is 8.24. The molecule has 5 nitrogen and oxygen atoms in total. The number of benzene rings is 1. The van der Waals surface area contributed by atoms with E-state index in [-0.39, 0.29) is 17.7 Å². The molecule has 1 aliphatic heterocycles. The van der Waals surface area contributed by atoms with Crippen LogP contribution in [-0.4, -0.2) is 55.8 Å². The Kier molecular flexibility index (Phi) is 6.93. The molecule has 0 amide bonds. The maximum absolute atomic E-state index is 12.9. The highest BCUT2D eigenvalue weighted by molar-refractivity contribution is 5.67. The summed E-state index contributed by atoms with van der Waals surface area (Å²) in [5.74, 6) is -0.0332. The van der Waals surface area contributed by atoms with Crippen molar-refractivity contribution in [1.29, 1.82) is 0 Å². The molecule has 2 fully saturated rings. The lowest BCUT2D eigenvalue weighted by Crippen LogP contribution is -2.49. The van der Waals surface area contributed by atoms with Crippen LogP contribution in [0.4, 0.5) is 24.5 Å². The molecule has 0 spiro atoms. The van der Waals surface area contributed by atoms with Gasteiger partial charge in [0, 0.05) is 49.9 Å². The molecule has 162 valence electrons. The molecule has 1 heterocycles. The molecule has 1 saturated carbocycles. The highest BCUT2D eigenvalue weighted by atomic mass is 19.4. The molecule has 1 saturated heterocycles. The fourth-order valence-corrected chi connectivity index (χ4v) is 4.18. The first kappa shape index (κ1) is 21.7. The molecule has 3 rings (SSSR count). The lowest BCUT2D eigenvalue weighted by Gasteiger charge is -2.38. The highest BCUT2D eigenvalue weighted by Crippen LogP contribution is 2.37. The van der Waals surface area contributed by atoms with Gasteiger partial charge in [-0.1, -0.05) is 0 Å². The van der Waals surface area contributed by atoms with Crippen molar-refractivity contribution in [3.05, 3.63) is 18.2 Å². The van der Waals surface area contributed by atoms with Gasteiger partial charge in [-0.25, -0.2) is 0 Å². The van der Waals surface area contributed by atoms with E-state index in [0.717, 1.165) is 50.7 Å². The highest BCUT2D eigenvalue weighted by Gasteiger charge is 2.33. The fraction of sp³-hybridized carbons (Fsp3) is 0.667. The van der Waals surface area contributed by atoms with Gasteiger partial charge >= 0.3 is 6.36 Å². The Labute approximate surface area is 170 Å². The van der Waals surface area contributed by atoms with Crippen molar-refractivity contribution in [2.75, 3.05) is 36.4 Å². The number of alkyl halides is 3.